The molecule has 2 aromatic rings. The molecule has 0 aliphatic rings. The number of aromatic nitrogens is 1. The van der Waals surface area contributed by atoms with E-state index in [-0.39, 0.29) is 24.0 Å². The molecule has 22 heavy (non-hydrogen) atoms. The zero-order valence-corrected chi connectivity index (χ0v) is 16.0. The van der Waals surface area contributed by atoms with E-state index in [9.17, 15) is 0 Å². The first-order chi connectivity index (χ1) is 10.3. The van der Waals surface area contributed by atoms with Crippen LogP contribution in [0.5, 0.6) is 0 Å². The quantitative estimate of drug-likeness (QED) is 0.384. The predicted octanol–water partition coefficient (Wildman–Crippen LogP) is 3.60. The average molecular weight is 414 g/mol. The Bertz CT molecular complexity index is 604. The average Bonchev–Trinajstić information content (AvgIpc) is 2.81. The number of aryl methyl sites for hydroxylation is 1. The number of aliphatic imine (C=N–C) groups is 1. The van der Waals surface area contributed by atoms with Gasteiger partial charge >= 0.3 is 0 Å². The summed E-state index contributed by atoms with van der Waals surface area (Å²) in [4.78, 5) is 7.97. The highest BCUT2D eigenvalue weighted by Crippen LogP contribution is 2.21. The van der Waals surface area contributed by atoms with E-state index in [2.05, 4.69) is 65.6 Å². The van der Waals surface area contributed by atoms with Crippen molar-refractivity contribution in [1.82, 2.24) is 15.6 Å². The van der Waals surface area contributed by atoms with E-state index in [1.807, 2.05) is 0 Å². The van der Waals surface area contributed by atoms with E-state index in [0.717, 1.165) is 38.4 Å². The number of nitrogens with one attached hydrogen (secondary N) is 3. The molecule has 0 amide bonds. The van der Waals surface area contributed by atoms with Crippen molar-refractivity contribution in [2.24, 2.45) is 4.99 Å². The monoisotopic (exact) mass is 414 g/mol. The van der Waals surface area contributed by atoms with Crippen molar-refractivity contribution in [2.45, 2.75) is 33.6 Å². The largest absolute Gasteiger partial charge is 0.358 e. The molecule has 1 heterocycles. The van der Waals surface area contributed by atoms with Crippen molar-refractivity contribution in [2.75, 3.05) is 19.6 Å². The Kier molecular flexibility index (Phi) is 8.30. The number of benzene rings is 1. The second-order valence-corrected chi connectivity index (χ2v) is 5.21. The minimum Gasteiger partial charge on any atom is -0.358 e. The fourth-order valence-corrected chi connectivity index (χ4v) is 2.53. The topological polar surface area (TPSA) is 52.2 Å². The van der Waals surface area contributed by atoms with Crippen LogP contribution in [-0.4, -0.2) is 30.6 Å². The molecule has 4 nitrogen and oxygen atoms in total. The molecule has 0 spiro atoms. The molecule has 0 aliphatic heterocycles. The lowest BCUT2D eigenvalue weighted by Crippen LogP contribution is -2.38. The summed E-state index contributed by atoms with van der Waals surface area (Å²) in [5.41, 5.74) is 3.87. The number of hydrogen-bond acceptors (Lipinski definition) is 1. The van der Waals surface area contributed by atoms with Crippen LogP contribution in [0.15, 0.2) is 29.3 Å². The van der Waals surface area contributed by atoms with Crippen molar-refractivity contribution < 1.29 is 0 Å². The first-order valence-electron chi connectivity index (χ1n) is 7.84. The number of aromatic amines is 1. The lowest BCUT2D eigenvalue weighted by molar-refractivity contribution is 0.793. The van der Waals surface area contributed by atoms with Crippen LogP contribution >= 0.6 is 24.0 Å². The molecule has 1 aromatic heterocycles. The van der Waals surface area contributed by atoms with Crippen LogP contribution in [0, 0.1) is 6.92 Å². The first kappa shape index (κ1) is 18.8. The van der Waals surface area contributed by atoms with Crippen molar-refractivity contribution in [3.8, 4) is 0 Å². The molecule has 3 N–H and O–H groups in total. The van der Waals surface area contributed by atoms with Gasteiger partial charge in [0.2, 0.25) is 0 Å². The maximum atomic E-state index is 4.52. The normalized spacial score (nSPS) is 11.3. The van der Waals surface area contributed by atoms with Crippen molar-refractivity contribution >= 4 is 40.8 Å². The molecular formula is C17H27IN4. The first-order valence-corrected chi connectivity index (χ1v) is 7.84. The van der Waals surface area contributed by atoms with Crippen molar-refractivity contribution in [3.05, 3.63) is 35.5 Å². The van der Waals surface area contributed by atoms with E-state index in [0.29, 0.717) is 0 Å². The van der Waals surface area contributed by atoms with Crippen molar-refractivity contribution in [1.29, 1.82) is 0 Å². The lowest BCUT2D eigenvalue weighted by Gasteiger charge is -2.11. The van der Waals surface area contributed by atoms with Gasteiger partial charge in [0.05, 0.1) is 0 Å². The maximum Gasteiger partial charge on any atom is 0.191 e. The van der Waals surface area contributed by atoms with Crippen LogP contribution in [0.25, 0.3) is 10.9 Å². The predicted molar refractivity (Wildman–Crippen MR) is 106 cm³/mol. The fourth-order valence-electron chi connectivity index (χ4n) is 2.53. The van der Waals surface area contributed by atoms with E-state index < -0.39 is 0 Å². The third-order valence-electron chi connectivity index (χ3n) is 3.53. The number of hydrogen-bond donors (Lipinski definition) is 3. The summed E-state index contributed by atoms with van der Waals surface area (Å²) in [5, 5.41) is 8.02. The Morgan fingerprint density at radius 3 is 2.68 bits per heavy atom. The number of halogens is 1. The van der Waals surface area contributed by atoms with Gasteiger partial charge in [-0.2, -0.15) is 0 Å². The van der Waals surface area contributed by atoms with Gasteiger partial charge in [0.25, 0.3) is 0 Å². The minimum atomic E-state index is 0. The Morgan fingerprint density at radius 1 is 1.18 bits per heavy atom. The number of guanidine groups is 1. The zero-order chi connectivity index (χ0) is 15.1. The van der Waals surface area contributed by atoms with Gasteiger partial charge in [0.15, 0.2) is 5.96 Å². The summed E-state index contributed by atoms with van der Waals surface area (Å²) in [7, 11) is 0. The molecule has 0 atom stereocenters. The van der Waals surface area contributed by atoms with E-state index in [4.69, 9.17) is 0 Å². The fraction of sp³-hybridized carbons (Fsp3) is 0.471. The summed E-state index contributed by atoms with van der Waals surface area (Å²) in [6, 6.07) is 8.48. The minimum absolute atomic E-state index is 0. The highest BCUT2D eigenvalue weighted by molar-refractivity contribution is 14.0. The van der Waals surface area contributed by atoms with Crippen LogP contribution in [0.2, 0.25) is 0 Å². The molecule has 0 saturated heterocycles. The van der Waals surface area contributed by atoms with E-state index in [1.54, 1.807) is 0 Å². The number of para-hydroxylation sites is 1. The Morgan fingerprint density at radius 2 is 1.95 bits per heavy atom. The number of nitrogens with zero attached hydrogens (tertiary/aromatic N) is 1. The van der Waals surface area contributed by atoms with Gasteiger partial charge < -0.3 is 15.6 Å². The van der Waals surface area contributed by atoms with Gasteiger partial charge in [-0.3, -0.25) is 4.99 Å². The van der Waals surface area contributed by atoms with Gasteiger partial charge in [-0.25, -0.2) is 0 Å². The molecule has 0 fully saturated rings. The van der Waals surface area contributed by atoms with Crippen LogP contribution < -0.4 is 10.6 Å². The summed E-state index contributed by atoms with van der Waals surface area (Å²) >= 11 is 0. The Balaban J connectivity index is 0.00000242. The molecule has 122 valence electrons. The molecule has 0 aliphatic carbocycles. The van der Waals surface area contributed by atoms with Gasteiger partial charge in [-0.15, -0.1) is 24.0 Å². The molecule has 0 unspecified atom stereocenters. The van der Waals surface area contributed by atoms with Crippen LogP contribution in [0.1, 0.15) is 31.5 Å². The van der Waals surface area contributed by atoms with Crippen molar-refractivity contribution in [3.63, 3.8) is 0 Å². The summed E-state index contributed by atoms with van der Waals surface area (Å²) in [6.07, 6.45) is 2.06. The molecule has 0 radical (unpaired) electrons. The highest BCUT2D eigenvalue weighted by Gasteiger charge is 2.07. The number of H-pyrrole nitrogens is 1. The zero-order valence-electron chi connectivity index (χ0n) is 13.7. The van der Waals surface area contributed by atoms with Crippen LogP contribution in [0.4, 0.5) is 0 Å². The molecule has 2 rings (SSSR count). The van der Waals surface area contributed by atoms with Gasteiger partial charge in [0.1, 0.15) is 0 Å². The molecule has 1 aromatic carbocycles. The lowest BCUT2D eigenvalue weighted by atomic mass is 10.1. The number of fused-ring (bicyclic) bond motifs is 1. The summed E-state index contributed by atoms with van der Waals surface area (Å²) in [6.45, 7) is 9.02. The Labute approximate surface area is 150 Å². The van der Waals surface area contributed by atoms with Gasteiger partial charge in [-0.1, -0.05) is 25.1 Å². The Hall–Kier alpha value is -1.24. The maximum absolute atomic E-state index is 4.52. The highest BCUT2D eigenvalue weighted by atomic mass is 127. The smallest absolute Gasteiger partial charge is 0.191 e. The van der Waals surface area contributed by atoms with Gasteiger partial charge in [0, 0.05) is 36.2 Å². The van der Waals surface area contributed by atoms with E-state index in [1.165, 1.54) is 22.2 Å². The second kappa shape index (κ2) is 9.71. The third-order valence-corrected chi connectivity index (χ3v) is 3.53. The molecule has 5 heteroatoms. The van der Waals surface area contributed by atoms with Crippen LogP contribution in [0.3, 0.4) is 0 Å². The molecule has 0 saturated carbocycles. The SMILES string of the molecule is CCCN=C(NCC)NCCc1c(C)[nH]c2ccccc12.I. The van der Waals surface area contributed by atoms with Crippen LogP contribution in [-0.2, 0) is 6.42 Å². The molecule has 0 bridgehead atoms. The summed E-state index contributed by atoms with van der Waals surface area (Å²) in [5.74, 6) is 0.914. The third kappa shape index (κ3) is 4.90. The number of rotatable bonds is 6. The van der Waals surface area contributed by atoms with Gasteiger partial charge in [-0.05, 0) is 38.3 Å². The molecular weight excluding hydrogens is 387 g/mol. The standard InChI is InChI=1S/C17H26N4.HI/c1-4-11-19-17(18-5-2)20-12-10-14-13(3)21-16-9-7-6-8-15(14)16;/h6-9,21H,4-5,10-12H2,1-3H3,(H2,18,19,20);1H. The second-order valence-electron chi connectivity index (χ2n) is 5.21. The summed E-state index contributed by atoms with van der Waals surface area (Å²) < 4.78 is 0. The van der Waals surface area contributed by atoms with E-state index >= 15 is 0 Å².